The molecule has 1 saturated heterocycles. The molecule has 124 valence electrons. The summed E-state index contributed by atoms with van der Waals surface area (Å²) >= 11 is 0. The third kappa shape index (κ3) is 5.22. The molecular weight excluding hydrogens is 262 g/mol. The minimum atomic E-state index is 0.0865. The molecule has 2 fully saturated rings. The van der Waals surface area contributed by atoms with E-state index in [1.165, 1.54) is 38.5 Å². The smallest absolute Gasteiger partial charge is 0.0806 e. The van der Waals surface area contributed by atoms with Gasteiger partial charge < -0.3 is 14.8 Å². The molecule has 1 atom stereocenters. The average Bonchev–Trinajstić information content (AvgIpc) is 2.99. The maximum Gasteiger partial charge on any atom is 0.0806 e. The number of hydrogen-bond donors (Lipinski definition) is 1. The summed E-state index contributed by atoms with van der Waals surface area (Å²) in [7, 11) is 0. The van der Waals surface area contributed by atoms with Crippen LogP contribution in [-0.2, 0) is 9.47 Å². The molecule has 1 aliphatic heterocycles. The summed E-state index contributed by atoms with van der Waals surface area (Å²) in [6.45, 7) is 11.8. The molecule has 0 amide bonds. The highest BCUT2D eigenvalue weighted by Crippen LogP contribution is 2.38. The molecule has 0 aromatic rings. The third-order valence-electron chi connectivity index (χ3n) is 5.41. The second-order valence-corrected chi connectivity index (χ2v) is 7.48. The highest BCUT2D eigenvalue weighted by Gasteiger charge is 2.37. The molecule has 2 aliphatic rings. The van der Waals surface area contributed by atoms with E-state index in [0.717, 1.165) is 44.7 Å². The zero-order valence-corrected chi connectivity index (χ0v) is 14.3. The molecule has 1 N–H and O–H groups in total. The van der Waals surface area contributed by atoms with Crippen molar-refractivity contribution in [3.05, 3.63) is 0 Å². The van der Waals surface area contributed by atoms with Crippen molar-refractivity contribution in [3.63, 3.8) is 0 Å². The van der Waals surface area contributed by atoms with Gasteiger partial charge in [-0.15, -0.1) is 0 Å². The van der Waals surface area contributed by atoms with Crippen LogP contribution in [0.5, 0.6) is 0 Å². The van der Waals surface area contributed by atoms with Crippen molar-refractivity contribution in [1.29, 1.82) is 0 Å². The van der Waals surface area contributed by atoms with Crippen molar-refractivity contribution in [3.8, 4) is 0 Å². The minimum Gasteiger partial charge on any atom is -0.381 e. The van der Waals surface area contributed by atoms with E-state index >= 15 is 0 Å². The lowest BCUT2D eigenvalue weighted by Crippen LogP contribution is -2.47. The zero-order valence-electron chi connectivity index (χ0n) is 14.3. The third-order valence-corrected chi connectivity index (χ3v) is 5.41. The van der Waals surface area contributed by atoms with Gasteiger partial charge in [-0.1, -0.05) is 20.8 Å². The Morgan fingerprint density at radius 2 is 2.00 bits per heavy atom. The first-order valence-corrected chi connectivity index (χ1v) is 9.07. The van der Waals surface area contributed by atoms with Gasteiger partial charge in [-0.3, -0.25) is 0 Å². The summed E-state index contributed by atoms with van der Waals surface area (Å²) in [4.78, 5) is 0. The molecule has 3 heteroatoms. The van der Waals surface area contributed by atoms with Crippen LogP contribution in [-0.4, -0.2) is 38.5 Å². The first-order chi connectivity index (χ1) is 10.2. The van der Waals surface area contributed by atoms with Gasteiger partial charge in [-0.25, -0.2) is 0 Å². The monoisotopic (exact) mass is 297 g/mol. The van der Waals surface area contributed by atoms with Crippen LogP contribution in [0.15, 0.2) is 0 Å². The van der Waals surface area contributed by atoms with Crippen molar-refractivity contribution < 1.29 is 9.47 Å². The molecule has 1 unspecified atom stereocenters. The van der Waals surface area contributed by atoms with Gasteiger partial charge in [0.2, 0.25) is 0 Å². The van der Waals surface area contributed by atoms with Crippen LogP contribution < -0.4 is 5.32 Å². The van der Waals surface area contributed by atoms with E-state index in [1.54, 1.807) is 0 Å². The van der Waals surface area contributed by atoms with Crippen LogP contribution in [0.2, 0.25) is 0 Å². The highest BCUT2D eigenvalue weighted by atomic mass is 16.5. The standard InChI is InChI=1S/C18H35NO2/c1-4-10-19-14-18(21-13-16-7-11-20-12-16)8-5-17(6-9-18)15(2)3/h15-17,19H,4-14H2,1-3H3. The van der Waals surface area contributed by atoms with Gasteiger partial charge in [0.25, 0.3) is 0 Å². The summed E-state index contributed by atoms with van der Waals surface area (Å²) in [6.07, 6.45) is 7.47. The van der Waals surface area contributed by atoms with Gasteiger partial charge in [0.1, 0.15) is 0 Å². The fraction of sp³-hybridized carbons (Fsp3) is 1.00. The van der Waals surface area contributed by atoms with Crippen molar-refractivity contribution in [1.82, 2.24) is 5.32 Å². The quantitative estimate of drug-likeness (QED) is 0.694. The zero-order chi connectivity index (χ0) is 15.1. The van der Waals surface area contributed by atoms with Crippen molar-refractivity contribution in [2.24, 2.45) is 17.8 Å². The van der Waals surface area contributed by atoms with Gasteiger partial charge in [0.15, 0.2) is 0 Å². The molecule has 0 aromatic carbocycles. The molecule has 21 heavy (non-hydrogen) atoms. The summed E-state index contributed by atoms with van der Waals surface area (Å²) in [5.74, 6) is 2.33. The summed E-state index contributed by atoms with van der Waals surface area (Å²) in [6, 6.07) is 0. The van der Waals surface area contributed by atoms with E-state index < -0.39 is 0 Å². The van der Waals surface area contributed by atoms with E-state index in [0.29, 0.717) is 5.92 Å². The lowest BCUT2D eigenvalue weighted by atomic mass is 9.74. The fourth-order valence-corrected chi connectivity index (χ4v) is 3.71. The van der Waals surface area contributed by atoms with E-state index in [9.17, 15) is 0 Å². The molecule has 1 heterocycles. The molecule has 3 nitrogen and oxygen atoms in total. The lowest BCUT2D eigenvalue weighted by molar-refractivity contribution is -0.0914. The Morgan fingerprint density at radius 1 is 1.24 bits per heavy atom. The van der Waals surface area contributed by atoms with E-state index in [4.69, 9.17) is 9.47 Å². The molecule has 0 aromatic heterocycles. The Hall–Kier alpha value is -0.120. The number of ether oxygens (including phenoxy) is 2. The van der Waals surface area contributed by atoms with Gasteiger partial charge in [0, 0.05) is 19.1 Å². The molecule has 1 aliphatic carbocycles. The molecule has 0 spiro atoms. The van der Waals surface area contributed by atoms with E-state index in [-0.39, 0.29) is 5.60 Å². The Labute approximate surface area is 131 Å². The largest absolute Gasteiger partial charge is 0.381 e. The van der Waals surface area contributed by atoms with Crippen LogP contribution in [0.4, 0.5) is 0 Å². The SMILES string of the molecule is CCCNCC1(OCC2CCOC2)CCC(C(C)C)CC1. The minimum absolute atomic E-state index is 0.0865. The van der Waals surface area contributed by atoms with Crippen LogP contribution >= 0.6 is 0 Å². The van der Waals surface area contributed by atoms with Gasteiger partial charge in [0.05, 0.1) is 18.8 Å². The first-order valence-electron chi connectivity index (χ1n) is 9.07. The average molecular weight is 297 g/mol. The van der Waals surface area contributed by atoms with Gasteiger partial charge in [-0.05, 0) is 56.9 Å². The Kier molecular flexibility index (Phi) is 6.97. The molecule has 2 rings (SSSR count). The lowest BCUT2D eigenvalue weighted by Gasteiger charge is -2.42. The maximum atomic E-state index is 6.49. The second kappa shape index (κ2) is 8.50. The first kappa shape index (κ1) is 17.2. The Bertz CT molecular complexity index is 279. The highest BCUT2D eigenvalue weighted by molar-refractivity contribution is 4.90. The van der Waals surface area contributed by atoms with Crippen LogP contribution in [0.25, 0.3) is 0 Å². The van der Waals surface area contributed by atoms with E-state index in [2.05, 4.69) is 26.1 Å². The Morgan fingerprint density at radius 3 is 2.57 bits per heavy atom. The fourth-order valence-electron chi connectivity index (χ4n) is 3.71. The maximum absolute atomic E-state index is 6.49. The second-order valence-electron chi connectivity index (χ2n) is 7.48. The van der Waals surface area contributed by atoms with Crippen molar-refractivity contribution >= 4 is 0 Å². The van der Waals surface area contributed by atoms with Crippen LogP contribution in [0, 0.1) is 17.8 Å². The van der Waals surface area contributed by atoms with E-state index in [1.807, 2.05) is 0 Å². The van der Waals surface area contributed by atoms with Crippen molar-refractivity contribution in [2.75, 3.05) is 32.9 Å². The molecule has 0 bridgehead atoms. The predicted molar refractivity (Wildman–Crippen MR) is 87.6 cm³/mol. The summed E-state index contributed by atoms with van der Waals surface area (Å²) in [5.41, 5.74) is 0.0865. The number of hydrogen-bond acceptors (Lipinski definition) is 3. The topological polar surface area (TPSA) is 30.5 Å². The van der Waals surface area contributed by atoms with Crippen LogP contribution in [0.3, 0.4) is 0 Å². The predicted octanol–water partition coefficient (Wildman–Crippen LogP) is 3.62. The van der Waals surface area contributed by atoms with Crippen LogP contribution in [0.1, 0.15) is 59.3 Å². The van der Waals surface area contributed by atoms with Gasteiger partial charge in [-0.2, -0.15) is 0 Å². The van der Waals surface area contributed by atoms with Gasteiger partial charge >= 0.3 is 0 Å². The van der Waals surface area contributed by atoms with Crippen molar-refractivity contribution in [2.45, 2.75) is 64.9 Å². The normalized spacial score (nSPS) is 33.7. The number of nitrogens with one attached hydrogen (secondary N) is 1. The number of rotatable bonds is 8. The summed E-state index contributed by atoms with van der Waals surface area (Å²) in [5, 5.41) is 3.61. The summed E-state index contributed by atoms with van der Waals surface area (Å²) < 4.78 is 12.0. The molecule has 0 radical (unpaired) electrons. The molecule has 1 saturated carbocycles. The Balaban J connectivity index is 1.84. The molecular formula is C18H35NO2.